The normalized spacial score (nSPS) is 10.9. The number of aromatic amines is 1. The van der Waals surface area contributed by atoms with Crippen molar-refractivity contribution < 1.29 is 4.74 Å². The smallest absolute Gasteiger partial charge is 0.192 e. The molecule has 0 aliphatic rings. The lowest BCUT2D eigenvalue weighted by atomic mass is 10.1. The molecule has 24 heavy (non-hydrogen) atoms. The molecule has 4 nitrogen and oxygen atoms in total. The lowest BCUT2D eigenvalue weighted by molar-refractivity contribution is 0.414. The maximum absolute atomic E-state index is 12.4. The van der Waals surface area contributed by atoms with Gasteiger partial charge in [0.25, 0.3) is 0 Å². The molecule has 0 aliphatic carbocycles. The number of ether oxygens (including phenoxy) is 1. The van der Waals surface area contributed by atoms with E-state index in [1.165, 1.54) is 5.56 Å². The number of pyridine rings is 1. The molecule has 0 saturated carbocycles. The third-order valence-electron chi connectivity index (χ3n) is 4.30. The second-order valence-corrected chi connectivity index (χ2v) is 5.88. The van der Waals surface area contributed by atoms with Gasteiger partial charge in [0.2, 0.25) is 0 Å². The van der Waals surface area contributed by atoms with Gasteiger partial charge in [-0.1, -0.05) is 24.3 Å². The molecule has 0 aliphatic heterocycles. The summed E-state index contributed by atoms with van der Waals surface area (Å²) in [4.78, 5) is 15.8. The van der Waals surface area contributed by atoms with Crippen LogP contribution in [0.2, 0.25) is 0 Å². The number of rotatable bonds is 6. The molecule has 3 rings (SSSR count). The average Bonchev–Trinajstić information content (AvgIpc) is 2.63. The molecule has 2 aromatic carbocycles. The van der Waals surface area contributed by atoms with Crippen LogP contribution in [0.4, 0.5) is 0 Å². The highest BCUT2D eigenvalue weighted by Gasteiger charge is 2.07. The zero-order valence-corrected chi connectivity index (χ0v) is 14.1. The van der Waals surface area contributed by atoms with E-state index in [0.29, 0.717) is 6.54 Å². The summed E-state index contributed by atoms with van der Waals surface area (Å²) in [5.41, 5.74) is 3.99. The van der Waals surface area contributed by atoms with Gasteiger partial charge in [-0.3, -0.25) is 4.79 Å². The number of para-hydroxylation sites is 1. The van der Waals surface area contributed by atoms with Crippen molar-refractivity contribution >= 4 is 10.9 Å². The van der Waals surface area contributed by atoms with Crippen LogP contribution in [0.1, 0.15) is 16.8 Å². The first kappa shape index (κ1) is 16.3. The van der Waals surface area contributed by atoms with Gasteiger partial charge in [-0.15, -0.1) is 0 Å². The quantitative estimate of drug-likeness (QED) is 0.685. The maximum Gasteiger partial charge on any atom is 0.192 e. The highest BCUT2D eigenvalue weighted by molar-refractivity contribution is 5.79. The molecule has 0 radical (unpaired) electrons. The minimum Gasteiger partial charge on any atom is -0.497 e. The fraction of sp³-hybridized carbons (Fsp3) is 0.250. The van der Waals surface area contributed by atoms with Gasteiger partial charge in [-0.25, -0.2) is 0 Å². The molecule has 1 heterocycles. The summed E-state index contributed by atoms with van der Waals surface area (Å²) in [6.07, 6.45) is 0.931. The van der Waals surface area contributed by atoms with E-state index in [1.807, 2.05) is 43.3 Å². The van der Waals surface area contributed by atoms with Gasteiger partial charge in [0.15, 0.2) is 5.43 Å². The number of fused-ring (bicyclic) bond motifs is 1. The Kier molecular flexibility index (Phi) is 4.96. The Bertz CT molecular complexity index is 882. The first-order chi connectivity index (χ1) is 11.7. The summed E-state index contributed by atoms with van der Waals surface area (Å²) in [6, 6.07) is 15.7. The summed E-state index contributed by atoms with van der Waals surface area (Å²) < 4.78 is 5.16. The molecule has 1 aromatic heterocycles. The average molecular weight is 322 g/mol. The van der Waals surface area contributed by atoms with Crippen LogP contribution in [0.3, 0.4) is 0 Å². The zero-order valence-electron chi connectivity index (χ0n) is 14.1. The van der Waals surface area contributed by atoms with E-state index in [0.717, 1.165) is 40.9 Å². The minimum absolute atomic E-state index is 0.108. The van der Waals surface area contributed by atoms with Crippen molar-refractivity contribution in [2.75, 3.05) is 13.7 Å². The van der Waals surface area contributed by atoms with Crippen LogP contribution in [-0.2, 0) is 13.0 Å². The van der Waals surface area contributed by atoms with Crippen molar-refractivity contribution in [1.82, 2.24) is 10.3 Å². The standard InChI is InChI=1S/C20H22N2O2/c1-14-19(22-18-6-4-3-5-17(18)20(14)23)13-21-12-11-15-7-9-16(24-2)10-8-15/h3-10,21H,11-13H2,1-2H3,(H,22,23). The summed E-state index contributed by atoms with van der Waals surface area (Å²) in [5.74, 6) is 0.871. The predicted octanol–water partition coefficient (Wildman–Crippen LogP) is 3.18. The van der Waals surface area contributed by atoms with Gasteiger partial charge >= 0.3 is 0 Å². The SMILES string of the molecule is COc1ccc(CCNCc2[nH]c3ccccc3c(=O)c2C)cc1. The van der Waals surface area contributed by atoms with Crippen molar-refractivity contribution in [1.29, 1.82) is 0 Å². The lowest BCUT2D eigenvalue weighted by Gasteiger charge is -2.10. The number of benzene rings is 2. The van der Waals surface area contributed by atoms with Gasteiger partial charge in [0, 0.05) is 28.7 Å². The number of hydrogen-bond donors (Lipinski definition) is 2. The summed E-state index contributed by atoms with van der Waals surface area (Å²) >= 11 is 0. The van der Waals surface area contributed by atoms with E-state index in [4.69, 9.17) is 4.74 Å². The highest BCUT2D eigenvalue weighted by Crippen LogP contribution is 2.12. The molecule has 0 amide bonds. The second-order valence-electron chi connectivity index (χ2n) is 5.88. The van der Waals surface area contributed by atoms with Crippen molar-refractivity contribution in [2.45, 2.75) is 19.9 Å². The lowest BCUT2D eigenvalue weighted by Crippen LogP contribution is -2.21. The third-order valence-corrected chi connectivity index (χ3v) is 4.30. The van der Waals surface area contributed by atoms with Gasteiger partial charge in [-0.05, 0) is 49.7 Å². The van der Waals surface area contributed by atoms with E-state index in [9.17, 15) is 4.79 Å². The number of H-pyrrole nitrogens is 1. The van der Waals surface area contributed by atoms with Gasteiger partial charge in [0.05, 0.1) is 7.11 Å². The van der Waals surface area contributed by atoms with E-state index in [1.54, 1.807) is 7.11 Å². The van der Waals surface area contributed by atoms with Crippen LogP contribution in [0.25, 0.3) is 10.9 Å². The second kappa shape index (κ2) is 7.32. The van der Waals surface area contributed by atoms with Gasteiger partial charge < -0.3 is 15.0 Å². The highest BCUT2D eigenvalue weighted by atomic mass is 16.5. The van der Waals surface area contributed by atoms with Crippen molar-refractivity contribution in [3.05, 3.63) is 75.6 Å². The molecule has 4 heteroatoms. The monoisotopic (exact) mass is 322 g/mol. The van der Waals surface area contributed by atoms with Crippen LogP contribution >= 0.6 is 0 Å². The van der Waals surface area contributed by atoms with Crippen molar-refractivity contribution in [2.24, 2.45) is 0 Å². The Morgan fingerprint density at radius 1 is 1.08 bits per heavy atom. The summed E-state index contributed by atoms with van der Waals surface area (Å²) in [6.45, 7) is 3.38. The minimum atomic E-state index is 0.108. The van der Waals surface area contributed by atoms with Crippen LogP contribution in [0, 0.1) is 6.92 Å². The fourth-order valence-electron chi connectivity index (χ4n) is 2.80. The Morgan fingerprint density at radius 2 is 1.83 bits per heavy atom. The van der Waals surface area contributed by atoms with Crippen molar-refractivity contribution in [3.8, 4) is 5.75 Å². The molecule has 3 aromatic rings. The number of methoxy groups -OCH3 is 1. The predicted molar refractivity (Wildman–Crippen MR) is 97.7 cm³/mol. The molecule has 124 valence electrons. The van der Waals surface area contributed by atoms with E-state index in [2.05, 4.69) is 22.4 Å². The molecular weight excluding hydrogens is 300 g/mol. The molecule has 0 spiro atoms. The number of hydrogen-bond acceptors (Lipinski definition) is 3. The first-order valence-corrected chi connectivity index (χ1v) is 8.13. The molecule has 0 fully saturated rings. The molecule has 0 atom stereocenters. The number of nitrogens with one attached hydrogen (secondary N) is 2. The Labute approximate surface area is 141 Å². The number of aromatic nitrogens is 1. The van der Waals surface area contributed by atoms with E-state index < -0.39 is 0 Å². The maximum atomic E-state index is 12.4. The molecule has 0 unspecified atom stereocenters. The summed E-state index contributed by atoms with van der Waals surface area (Å²) in [7, 11) is 1.67. The molecule has 2 N–H and O–H groups in total. The zero-order chi connectivity index (χ0) is 16.9. The van der Waals surface area contributed by atoms with Crippen LogP contribution in [-0.4, -0.2) is 18.6 Å². The topological polar surface area (TPSA) is 54.1 Å². The Balaban J connectivity index is 1.63. The third kappa shape index (κ3) is 3.49. The Hall–Kier alpha value is -2.59. The van der Waals surface area contributed by atoms with E-state index >= 15 is 0 Å². The van der Waals surface area contributed by atoms with Crippen molar-refractivity contribution in [3.63, 3.8) is 0 Å². The van der Waals surface area contributed by atoms with Gasteiger partial charge in [-0.2, -0.15) is 0 Å². The van der Waals surface area contributed by atoms with Crippen LogP contribution in [0.15, 0.2) is 53.3 Å². The van der Waals surface area contributed by atoms with Gasteiger partial charge in [0.1, 0.15) is 5.75 Å². The van der Waals surface area contributed by atoms with Crippen LogP contribution in [0.5, 0.6) is 5.75 Å². The fourth-order valence-corrected chi connectivity index (χ4v) is 2.80. The van der Waals surface area contributed by atoms with Crippen LogP contribution < -0.4 is 15.5 Å². The summed E-state index contributed by atoms with van der Waals surface area (Å²) in [5, 5.41) is 4.16. The largest absolute Gasteiger partial charge is 0.497 e. The molecule has 0 bridgehead atoms. The Morgan fingerprint density at radius 3 is 2.58 bits per heavy atom. The first-order valence-electron chi connectivity index (χ1n) is 8.13. The van der Waals surface area contributed by atoms with E-state index in [-0.39, 0.29) is 5.43 Å². The molecular formula is C20H22N2O2. The molecule has 0 saturated heterocycles.